The lowest BCUT2D eigenvalue weighted by Gasteiger charge is -2.02. The molecule has 3 nitrogen and oxygen atoms in total. The second-order valence-corrected chi connectivity index (χ2v) is 4.18. The highest BCUT2D eigenvalue weighted by molar-refractivity contribution is 5.51. The minimum atomic E-state index is 0.190. The highest BCUT2D eigenvalue weighted by Gasteiger charge is 2.60. The van der Waals surface area contributed by atoms with Gasteiger partial charge in [-0.05, 0) is 25.7 Å². The van der Waals surface area contributed by atoms with Crippen LogP contribution in [0, 0.1) is 17.2 Å². The molecule has 0 radical (unpaired) electrons. The third kappa shape index (κ3) is 0.701. The Bertz CT molecular complexity index is 463. The Hall–Kier alpha value is -1.56. The summed E-state index contributed by atoms with van der Waals surface area (Å²) >= 11 is 0. The maximum absolute atomic E-state index is 8.87. The van der Waals surface area contributed by atoms with Gasteiger partial charge in [0.2, 0.25) is 0 Å². The molecule has 14 heavy (non-hydrogen) atoms. The topological polar surface area (TPSA) is 52.5 Å². The minimum absolute atomic E-state index is 0.190. The van der Waals surface area contributed by atoms with Crippen molar-refractivity contribution in [2.45, 2.75) is 25.2 Å². The Kier molecular flexibility index (Phi) is 1.27. The van der Waals surface area contributed by atoms with Gasteiger partial charge in [0.15, 0.2) is 0 Å². The van der Waals surface area contributed by atoms with Gasteiger partial charge >= 0.3 is 0 Å². The number of nitriles is 1. The van der Waals surface area contributed by atoms with E-state index < -0.39 is 0 Å². The molecule has 0 spiro atoms. The number of hydrogen-bond acceptors (Lipinski definition) is 2. The van der Waals surface area contributed by atoms with E-state index in [-0.39, 0.29) is 5.41 Å². The van der Waals surface area contributed by atoms with Gasteiger partial charge in [0.25, 0.3) is 0 Å². The number of nitrogens with one attached hydrogen (secondary N) is 1. The Morgan fingerprint density at radius 2 is 2.57 bits per heavy atom. The van der Waals surface area contributed by atoms with Crippen LogP contribution < -0.4 is 0 Å². The zero-order valence-electron chi connectivity index (χ0n) is 8.04. The Morgan fingerprint density at radius 1 is 1.71 bits per heavy atom. The fourth-order valence-electron chi connectivity index (χ4n) is 2.76. The largest absolute Gasteiger partial charge is 0.267 e. The standard InChI is InChI=1S/C11H11N3/c1-2-3-11-5-7(11)4-8-9(6-12)13-14-10(8)11/h2-3,7H,4-5H2,1H3,(H,13,14). The molecule has 0 aromatic carbocycles. The molecule has 1 fully saturated rings. The second-order valence-electron chi connectivity index (χ2n) is 4.18. The summed E-state index contributed by atoms with van der Waals surface area (Å²) in [6.45, 7) is 2.04. The van der Waals surface area contributed by atoms with Crippen molar-refractivity contribution >= 4 is 0 Å². The van der Waals surface area contributed by atoms with Gasteiger partial charge in [0.05, 0.1) is 5.69 Å². The van der Waals surface area contributed by atoms with Crippen LogP contribution in [0.1, 0.15) is 30.3 Å². The maximum Gasteiger partial charge on any atom is 0.138 e. The van der Waals surface area contributed by atoms with Crippen molar-refractivity contribution in [3.8, 4) is 6.07 Å². The summed E-state index contributed by atoms with van der Waals surface area (Å²) in [5.41, 5.74) is 3.13. The van der Waals surface area contributed by atoms with Gasteiger partial charge in [-0.2, -0.15) is 10.4 Å². The predicted molar refractivity (Wildman–Crippen MR) is 51.6 cm³/mol. The van der Waals surface area contributed by atoms with E-state index in [1.165, 1.54) is 6.42 Å². The third-order valence-electron chi connectivity index (χ3n) is 3.49. The molecule has 0 bridgehead atoms. The molecule has 1 aromatic heterocycles. The summed E-state index contributed by atoms with van der Waals surface area (Å²) in [6, 6.07) is 2.17. The van der Waals surface area contributed by atoms with Gasteiger partial charge in [0, 0.05) is 11.0 Å². The van der Waals surface area contributed by atoms with E-state index >= 15 is 0 Å². The first kappa shape index (κ1) is 7.81. The third-order valence-corrected chi connectivity index (χ3v) is 3.49. The lowest BCUT2D eigenvalue weighted by molar-refractivity contribution is 0.750. The quantitative estimate of drug-likeness (QED) is 0.676. The monoisotopic (exact) mass is 185 g/mol. The number of fused-ring (bicyclic) bond motifs is 3. The van der Waals surface area contributed by atoms with Gasteiger partial charge in [-0.25, -0.2) is 0 Å². The molecule has 2 unspecified atom stereocenters. The molecule has 1 saturated carbocycles. The van der Waals surface area contributed by atoms with Crippen molar-refractivity contribution in [2.24, 2.45) is 5.92 Å². The number of allylic oxidation sites excluding steroid dienone is 2. The summed E-state index contributed by atoms with van der Waals surface area (Å²) in [4.78, 5) is 0. The first-order valence-electron chi connectivity index (χ1n) is 4.93. The van der Waals surface area contributed by atoms with Gasteiger partial charge < -0.3 is 0 Å². The summed E-state index contributed by atoms with van der Waals surface area (Å²) in [5.74, 6) is 0.706. The number of hydrogen-bond donors (Lipinski definition) is 1. The molecule has 0 amide bonds. The number of H-pyrrole nitrogens is 1. The summed E-state index contributed by atoms with van der Waals surface area (Å²) in [6.07, 6.45) is 6.57. The highest BCUT2D eigenvalue weighted by Crippen LogP contribution is 2.62. The van der Waals surface area contributed by atoms with Gasteiger partial charge in [-0.3, -0.25) is 5.10 Å². The zero-order valence-corrected chi connectivity index (χ0v) is 8.04. The molecular formula is C11H11N3. The van der Waals surface area contributed by atoms with E-state index in [0.29, 0.717) is 11.6 Å². The van der Waals surface area contributed by atoms with E-state index in [1.807, 2.05) is 6.92 Å². The number of nitrogens with zero attached hydrogens (tertiary/aromatic N) is 2. The molecule has 0 saturated heterocycles. The molecule has 1 N–H and O–H groups in total. The smallest absolute Gasteiger partial charge is 0.138 e. The minimum Gasteiger partial charge on any atom is -0.267 e. The van der Waals surface area contributed by atoms with Crippen LogP contribution in [-0.2, 0) is 11.8 Å². The van der Waals surface area contributed by atoms with Gasteiger partial charge in [-0.1, -0.05) is 12.2 Å². The molecule has 2 aliphatic rings. The Balaban J connectivity index is 2.14. The average Bonchev–Trinajstić information content (AvgIpc) is 2.58. The van der Waals surface area contributed by atoms with Crippen LogP contribution >= 0.6 is 0 Å². The number of rotatable bonds is 1. The fourth-order valence-corrected chi connectivity index (χ4v) is 2.76. The van der Waals surface area contributed by atoms with Crippen LogP contribution in [0.15, 0.2) is 12.2 Å². The summed E-state index contributed by atoms with van der Waals surface area (Å²) in [5, 5.41) is 16.0. The first-order valence-corrected chi connectivity index (χ1v) is 4.93. The second kappa shape index (κ2) is 2.27. The molecule has 2 atom stereocenters. The lowest BCUT2D eigenvalue weighted by Crippen LogP contribution is -2.02. The van der Waals surface area contributed by atoms with Crippen molar-refractivity contribution in [2.75, 3.05) is 0 Å². The SMILES string of the molecule is CC=CC12CC1Cc1c2n[nH]c1C#N. The van der Waals surface area contributed by atoms with Crippen LogP contribution in [0.3, 0.4) is 0 Å². The van der Waals surface area contributed by atoms with Crippen molar-refractivity contribution in [3.63, 3.8) is 0 Å². The molecule has 0 aliphatic heterocycles. The summed E-state index contributed by atoms with van der Waals surface area (Å²) < 4.78 is 0. The fraction of sp³-hybridized carbons (Fsp3) is 0.455. The highest BCUT2D eigenvalue weighted by atomic mass is 15.1. The van der Waals surface area contributed by atoms with Gasteiger partial charge in [-0.15, -0.1) is 0 Å². The maximum atomic E-state index is 8.87. The Morgan fingerprint density at radius 3 is 3.29 bits per heavy atom. The van der Waals surface area contributed by atoms with E-state index in [2.05, 4.69) is 28.4 Å². The zero-order chi connectivity index (χ0) is 9.76. The predicted octanol–water partition coefficient (Wildman–Crippen LogP) is 1.67. The molecule has 70 valence electrons. The normalized spacial score (nSPS) is 32.7. The van der Waals surface area contributed by atoms with E-state index in [1.54, 1.807) is 0 Å². The van der Waals surface area contributed by atoms with Crippen LogP contribution in [-0.4, -0.2) is 10.2 Å². The van der Waals surface area contributed by atoms with Crippen molar-refractivity contribution in [1.29, 1.82) is 5.26 Å². The number of aromatic nitrogens is 2. The van der Waals surface area contributed by atoms with Crippen LogP contribution in [0.4, 0.5) is 0 Å². The van der Waals surface area contributed by atoms with Crippen LogP contribution in [0.2, 0.25) is 0 Å². The van der Waals surface area contributed by atoms with Crippen molar-refractivity contribution in [1.82, 2.24) is 10.2 Å². The number of aromatic amines is 1. The lowest BCUT2D eigenvalue weighted by atomic mass is 10.0. The summed E-state index contributed by atoms with van der Waals surface area (Å²) in [7, 11) is 0. The molecule has 1 heterocycles. The van der Waals surface area contributed by atoms with E-state index in [9.17, 15) is 0 Å². The molecule has 2 aliphatic carbocycles. The van der Waals surface area contributed by atoms with Crippen LogP contribution in [0.25, 0.3) is 0 Å². The van der Waals surface area contributed by atoms with Crippen molar-refractivity contribution < 1.29 is 0 Å². The Labute approximate surface area is 82.4 Å². The molecule has 3 rings (SSSR count). The molecule has 1 aromatic rings. The first-order chi connectivity index (χ1) is 6.81. The van der Waals surface area contributed by atoms with E-state index in [4.69, 9.17) is 5.26 Å². The van der Waals surface area contributed by atoms with E-state index in [0.717, 1.165) is 17.7 Å². The van der Waals surface area contributed by atoms with Gasteiger partial charge in [0.1, 0.15) is 11.8 Å². The average molecular weight is 185 g/mol. The molecule has 3 heteroatoms. The molecular weight excluding hydrogens is 174 g/mol. The van der Waals surface area contributed by atoms with Crippen LogP contribution in [0.5, 0.6) is 0 Å². The van der Waals surface area contributed by atoms with Crippen molar-refractivity contribution in [3.05, 3.63) is 29.1 Å².